The van der Waals surface area contributed by atoms with Gasteiger partial charge in [-0.05, 0) is 76.5 Å². The molecule has 0 aliphatic rings. The molecule has 0 aliphatic carbocycles. The van der Waals surface area contributed by atoms with Crippen molar-refractivity contribution in [3.8, 4) is 5.69 Å². The maximum Gasteiger partial charge on any atom is 0.237 e. The normalized spacial score (nSPS) is 13.3. The lowest BCUT2D eigenvalue weighted by Crippen LogP contribution is -2.23. The van der Waals surface area contributed by atoms with Gasteiger partial charge in [0.25, 0.3) is 0 Å². The molecule has 1 amide bonds. The molecule has 0 radical (unpaired) electrons. The van der Waals surface area contributed by atoms with Crippen molar-refractivity contribution >= 4 is 39.3 Å². The van der Waals surface area contributed by atoms with Crippen molar-refractivity contribution in [3.63, 3.8) is 0 Å². The Bertz CT molecular complexity index is 1010. The number of rotatable bonds is 7. The molecule has 0 aliphatic heterocycles. The number of thioether (sulfide) groups is 1. The van der Waals surface area contributed by atoms with Crippen LogP contribution >= 0.6 is 27.7 Å². The van der Waals surface area contributed by atoms with Gasteiger partial charge in [0.1, 0.15) is 5.82 Å². The number of benzene rings is 2. The van der Waals surface area contributed by atoms with E-state index in [1.54, 1.807) is 12.1 Å². The summed E-state index contributed by atoms with van der Waals surface area (Å²) in [5.41, 5.74) is 1.46. The molecule has 6 nitrogen and oxygen atoms in total. The number of amides is 1. The molecule has 1 heterocycles. The number of hydrogen-bond acceptors (Lipinski definition) is 5. The zero-order valence-corrected chi connectivity index (χ0v) is 19.5. The molecule has 3 aromatic rings. The van der Waals surface area contributed by atoms with E-state index in [-0.39, 0.29) is 17.8 Å². The lowest BCUT2D eigenvalue weighted by Gasteiger charge is -2.21. The third-order valence-electron chi connectivity index (χ3n) is 4.65. The van der Waals surface area contributed by atoms with E-state index < -0.39 is 5.25 Å². The fraction of sp³-hybridized carbons (Fsp3) is 0.286. The summed E-state index contributed by atoms with van der Waals surface area (Å²) in [6.07, 6.45) is 0. The summed E-state index contributed by atoms with van der Waals surface area (Å²) in [4.78, 5) is 14.7. The molecule has 0 bridgehead atoms. The number of hydrogen-bond donors (Lipinski definition) is 1. The molecule has 0 spiro atoms. The Balaban J connectivity index is 1.86. The predicted octanol–water partition coefficient (Wildman–Crippen LogP) is 4.91. The largest absolute Gasteiger partial charge is 0.325 e. The van der Waals surface area contributed by atoms with E-state index in [0.29, 0.717) is 5.16 Å². The van der Waals surface area contributed by atoms with Gasteiger partial charge in [0.15, 0.2) is 11.0 Å². The SMILES string of the molecule is CC(Sc1nnc(C(C)N(C)C)n1-c1ccc(F)cc1)C(=O)Nc1ccc(Br)cc1. The lowest BCUT2D eigenvalue weighted by molar-refractivity contribution is -0.115. The Morgan fingerprint density at radius 2 is 1.73 bits per heavy atom. The molecule has 0 saturated heterocycles. The van der Waals surface area contributed by atoms with E-state index in [0.717, 1.165) is 21.7 Å². The van der Waals surface area contributed by atoms with Gasteiger partial charge in [-0.3, -0.25) is 14.3 Å². The van der Waals surface area contributed by atoms with Gasteiger partial charge in [0.05, 0.1) is 11.3 Å². The van der Waals surface area contributed by atoms with Gasteiger partial charge < -0.3 is 5.32 Å². The number of aromatic nitrogens is 3. The van der Waals surface area contributed by atoms with Crippen LogP contribution in [0.5, 0.6) is 0 Å². The molecule has 3 rings (SSSR count). The molecule has 30 heavy (non-hydrogen) atoms. The van der Waals surface area contributed by atoms with E-state index in [4.69, 9.17) is 0 Å². The summed E-state index contributed by atoms with van der Waals surface area (Å²) < 4.78 is 16.3. The summed E-state index contributed by atoms with van der Waals surface area (Å²) in [7, 11) is 3.91. The molecule has 1 N–H and O–H groups in total. The maximum atomic E-state index is 13.5. The summed E-state index contributed by atoms with van der Waals surface area (Å²) in [6, 6.07) is 13.5. The minimum absolute atomic E-state index is 0.0243. The van der Waals surface area contributed by atoms with Gasteiger partial charge in [0.2, 0.25) is 5.91 Å². The van der Waals surface area contributed by atoms with Gasteiger partial charge in [-0.15, -0.1) is 10.2 Å². The fourth-order valence-corrected chi connectivity index (χ4v) is 3.82. The van der Waals surface area contributed by atoms with Crippen molar-refractivity contribution in [1.29, 1.82) is 0 Å². The number of halogens is 2. The second kappa shape index (κ2) is 9.72. The number of anilines is 1. The van der Waals surface area contributed by atoms with Gasteiger partial charge in [0, 0.05) is 15.8 Å². The fourth-order valence-electron chi connectivity index (χ4n) is 2.68. The van der Waals surface area contributed by atoms with Crippen LogP contribution < -0.4 is 5.32 Å². The molecule has 0 saturated carbocycles. The summed E-state index contributed by atoms with van der Waals surface area (Å²) in [5, 5.41) is 11.8. The Kier molecular flexibility index (Phi) is 7.27. The highest BCUT2D eigenvalue weighted by Crippen LogP contribution is 2.30. The average Bonchev–Trinajstić information content (AvgIpc) is 3.12. The molecule has 2 unspecified atom stereocenters. The zero-order chi connectivity index (χ0) is 21.8. The monoisotopic (exact) mass is 491 g/mol. The van der Waals surface area contributed by atoms with Gasteiger partial charge in [-0.1, -0.05) is 27.7 Å². The van der Waals surface area contributed by atoms with Crippen molar-refractivity contribution in [2.24, 2.45) is 0 Å². The maximum absolute atomic E-state index is 13.5. The van der Waals surface area contributed by atoms with Crippen LogP contribution in [0.1, 0.15) is 25.7 Å². The van der Waals surface area contributed by atoms with E-state index in [1.165, 1.54) is 23.9 Å². The highest BCUT2D eigenvalue weighted by atomic mass is 79.9. The third kappa shape index (κ3) is 5.27. The van der Waals surface area contributed by atoms with E-state index in [2.05, 4.69) is 31.4 Å². The van der Waals surface area contributed by atoms with Crippen molar-refractivity contribution in [2.45, 2.75) is 30.3 Å². The first kappa shape index (κ1) is 22.5. The van der Waals surface area contributed by atoms with Crippen LogP contribution in [0.15, 0.2) is 58.2 Å². The lowest BCUT2D eigenvalue weighted by atomic mass is 10.2. The third-order valence-corrected chi connectivity index (χ3v) is 6.23. The Hall–Kier alpha value is -2.23. The van der Waals surface area contributed by atoms with Crippen LogP contribution in [0.4, 0.5) is 10.1 Å². The highest BCUT2D eigenvalue weighted by molar-refractivity contribution is 9.10. The van der Waals surface area contributed by atoms with Gasteiger partial charge in [-0.25, -0.2) is 4.39 Å². The van der Waals surface area contributed by atoms with E-state index >= 15 is 0 Å². The Morgan fingerprint density at radius 3 is 2.33 bits per heavy atom. The molecule has 2 aromatic carbocycles. The van der Waals surface area contributed by atoms with Crippen LogP contribution in [0, 0.1) is 5.82 Å². The standard InChI is InChI=1S/C21H23BrFN5OS/c1-13(27(3)4)19-25-26-21(28(19)18-11-7-16(23)8-12-18)30-14(2)20(29)24-17-9-5-15(22)6-10-17/h5-14H,1-4H3,(H,24,29). The van der Waals surface area contributed by atoms with Gasteiger partial charge >= 0.3 is 0 Å². The Morgan fingerprint density at radius 1 is 1.10 bits per heavy atom. The number of nitrogens with zero attached hydrogens (tertiary/aromatic N) is 4. The smallest absolute Gasteiger partial charge is 0.237 e. The van der Waals surface area contributed by atoms with Crippen molar-refractivity contribution in [2.75, 3.05) is 19.4 Å². The number of carbonyl (C=O) groups is 1. The summed E-state index contributed by atoms with van der Waals surface area (Å²) >= 11 is 4.69. The number of carbonyl (C=O) groups excluding carboxylic acids is 1. The molecule has 0 fully saturated rings. The van der Waals surface area contributed by atoms with Crippen molar-refractivity contribution in [1.82, 2.24) is 19.7 Å². The topological polar surface area (TPSA) is 63.1 Å². The summed E-state index contributed by atoms with van der Waals surface area (Å²) in [5.74, 6) is 0.262. The second-order valence-electron chi connectivity index (χ2n) is 7.05. The minimum Gasteiger partial charge on any atom is -0.325 e. The van der Waals surface area contributed by atoms with Crippen LogP contribution in [0.3, 0.4) is 0 Å². The first-order valence-electron chi connectivity index (χ1n) is 9.37. The minimum atomic E-state index is -0.417. The molecule has 1 aromatic heterocycles. The van der Waals surface area contributed by atoms with Crippen LogP contribution in [-0.4, -0.2) is 44.9 Å². The van der Waals surface area contributed by atoms with Crippen LogP contribution in [-0.2, 0) is 4.79 Å². The van der Waals surface area contributed by atoms with Crippen molar-refractivity contribution in [3.05, 3.63) is 64.6 Å². The molecule has 9 heteroatoms. The zero-order valence-electron chi connectivity index (χ0n) is 17.1. The molecule has 2 atom stereocenters. The predicted molar refractivity (Wildman–Crippen MR) is 122 cm³/mol. The number of nitrogens with one attached hydrogen (secondary N) is 1. The first-order valence-corrected chi connectivity index (χ1v) is 11.0. The first-order chi connectivity index (χ1) is 14.3. The van der Waals surface area contributed by atoms with Gasteiger partial charge in [-0.2, -0.15) is 0 Å². The highest BCUT2D eigenvalue weighted by Gasteiger charge is 2.24. The average molecular weight is 492 g/mol. The summed E-state index contributed by atoms with van der Waals surface area (Å²) in [6.45, 7) is 3.83. The van der Waals surface area contributed by atoms with E-state index in [9.17, 15) is 9.18 Å². The van der Waals surface area contributed by atoms with E-state index in [1.807, 2.05) is 61.7 Å². The molecule has 158 valence electrons. The van der Waals surface area contributed by atoms with Crippen LogP contribution in [0.25, 0.3) is 5.69 Å². The van der Waals surface area contributed by atoms with Crippen molar-refractivity contribution < 1.29 is 9.18 Å². The Labute approximate surface area is 188 Å². The van der Waals surface area contributed by atoms with Crippen LogP contribution in [0.2, 0.25) is 0 Å². The quantitative estimate of drug-likeness (QED) is 0.475. The second-order valence-corrected chi connectivity index (χ2v) is 9.27. The molecular formula is C21H23BrFN5OS. The molecular weight excluding hydrogens is 469 g/mol.